The van der Waals surface area contributed by atoms with Crippen LogP contribution >= 0.6 is 39.1 Å². The zero-order valence-corrected chi connectivity index (χ0v) is 19.9. The van der Waals surface area contributed by atoms with E-state index in [1.165, 1.54) is 24.4 Å². The highest BCUT2D eigenvalue weighted by molar-refractivity contribution is 9.10. The molecule has 2 N–H and O–H groups in total. The van der Waals surface area contributed by atoms with Gasteiger partial charge in [-0.2, -0.15) is 5.10 Å². The normalized spacial score (nSPS) is 10.6. The topological polar surface area (TPSA) is 96.9 Å². The minimum absolute atomic E-state index is 0.178. The molecular formula is C23H16BrCl2N3O4. The third-order valence-electron chi connectivity index (χ3n) is 4.12. The third-order valence-corrected chi connectivity index (χ3v) is 5.16. The second kappa shape index (κ2) is 11.6. The molecule has 0 saturated carbocycles. The lowest BCUT2D eigenvalue weighted by atomic mass is 10.2. The quantitative estimate of drug-likeness (QED) is 0.191. The second-order valence-corrected chi connectivity index (χ2v) is 8.33. The fraction of sp³-hybridized carbons (Fsp3) is 0.0435. The van der Waals surface area contributed by atoms with E-state index in [0.29, 0.717) is 16.1 Å². The number of carbonyl (C=O) groups is 3. The van der Waals surface area contributed by atoms with Crippen LogP contribution in [0.25, 0.3) is 0 Å². The van der Waals surface area contributed by atoms with Gasteiger partial charge in [0.2, 0.25) is 0 Å². The van der Waals surface area contributed by atoms with Gasteiger partial charge in [-0.05, 0) is 54.1 Å². The molecule has 0 aliphatic heterocycles. The average Bonchev–Trinajstić information content (AvgIpc) is 2.77. The highest BCUT2D eigenvalue weighted by Gasteiger charge is 2.13. The average molecular weight is 549 g/mol. The molecule has 0 unspecified atom stereocenters. The van der Waals surface area contributed by atoms with E-state index in [1.807, 2.05) is 0 Å². The van der Waals surface area contributed by atoms with Crippen molar-refractivity contribution < 1.29 is 19.1 Å². The van der Waals surface area contributed by atoms with Gasteiger partial charge in [0.1, 0.15) is 5.75 Å². The summed E-state index contributed by atoms with van der Waals surface area (Å²) < 4.78 is 6.10. The number of ether oxygens (including phenoxy) is 1. The Kier molecular flexibility index (Phi) is 8.59. The molecule has 3 aromatic carbocycles. The Morgan fingerprint density at radius 3 is 2.55 bits per heavy atom. The summed E-state index contributed by atoms with van der Waals surface area (Å²) >= 11 is 15.2. The van der Waals surface area contributed by atoms with Crippen molar-refractivity contribution in [2.75, 3.05) is 6.54 Å². The Morgan fingerprint density at radius 2 is 1.79 bits per heavy atom. The van der Waals surface area contributed by atoms with Crippen molar-refractivity contribution in [1.82, 2.24) is 10.7 Å². The van der Waals surface area contributed by atoms with Crippen molar-refractivity contribution in [3.63, 3.8) is 0 Å². The molecule has 10 heteroatoms. The van der Waals surface area contributed by atoms with Crippen LogP contribution in [0.3, 0.4) is 0 Å². The van der Waals surface area contributed by atoms with Crippen LogP contribution in [-0.4, -0.2) is 30.5 Å². The lowest BCUT2D eigenvalue weighted by Crippen LogP contribution is -2.34. The van der Waals surface area contributed by atoms with Gasteiger partial charge in [0.25, 0.3) is 11.8 Å². The third kappa shape index (κ3) is 7.42. The molecular weight excluding hydrogens is 533 g/mol. The smallest absolute Gasteiger partial charge is 0.345 e. The van der Waals surface area contributed by atoms with Crippen LogP contribution in [0.1, 0.15) is 26.3 Å². The number of hydrogen-bond donors (Lipinski definition) is 2. The fourth-order valence-electron chi connectivity index (χ4n) is 2.59. The first-order chi connectivity index (χ1) is 15.8. The first kappa shape index (κ1) is 24.4. The van der Waals surface area contributed by atoms with Crippen molar-refractivity contribution in [2.24, 2.45) is 5.10 Å². The summed E-state index contributed by atoms with van der Waals surface area (Å²) in [5.74, 6) is -1.26. The minimum atomic E-state index is -0.639. The molecule has 3 aromatic rings. The number of amides is 2. The zero-order chi connectivity index (χ0) is 23.8. The molecule has 3 rings (SSSR count). The maximum Gasteiger partial charge on any atom is 0.345 e. The van der Waals surface area contributed by atoms with Gasteiger partial charge in [0.05, 0.1) is 23.3 Å². The number of esters is 1. The number of hydrazone groups is 1. The molecule has 7 nitrogen and oxygen atoms in total. The van der Waals surface area contributed by atoms with Gasteiger partial charge in [-0.1, -0.05) is 57.3 Å². The highest BCUT2D eigenvalue weighted by Crippen LogP contribution is 2.23. The van der Waals surface area contributed by atoms with Crippen LogP contribution in [0.2, 0.25) is 10.0 Å². The number of hydrogen-bond acceptors (Lipinski definition) is 5. The molecule has 0 aliphatic rings. The van der Waals surface area contributed by atoms with Crippen molar-refractivity contribution in [2.45, 2.75) is 0 Å². The van der Waals surface area contributed by atoms with Crippen molar-refractivity contribution >= 4 is 63.1 Å². The van der Waals surface area contributed by atoms with E-state index in [9.17, 15) is 14.4 Å². The van der Waals surface area contributed by atoms with Crippen molar-refractivity contribution in [3.05, 3.63) is 97.9 Å². The molecule has 0 heterocycles. The molecule has 0 saturated heterocycles. The van der Waals surface area contributed by atoms with Crippen LogP contribution in [0.4, 0.5) is 0 Å². The Labute approximate surface area is 207 Å². The fourth-order valence-corrected chi connectivity index (χ4v) is 3.47. The van der Waals surface area contributed by atoms with Gasteiger partial charge < -0.3 is 10.1 Å². The molecule has 0 aromatic heterocycles. The van der Waals surface area contributed by atoms with E-state index in [-0.39, 0.29) is 28.8 Å². The van der Waals surface area contributed by atoms with E-state index in [1.54, 1.807) is 48.5 Å². The lowest BCUT2D eigenvalue weighted by molar-refractivity contribution is -0.120. The number of rotatable bonds is 7. The maximum absolute atomic E-state index is 12.3. The van der Waals surface area contributed by atoms with E-state index in [4.69, 9.17) is 27.9 Å². The van der Waals surface area contributed by atoms with Crippen molar-refractivity contribution in [3.8, 4) is 5.75 Å². The van der Waals surface area contributed by atoms with E-state index in [2.05, 4.69) is 31.8 Å². The van der Waals surface area contributed by atoms with Crippen molar-refractivity contribution in [1.29, 1.82) is 0 Å². The molecule has 168 valence electrons. The predicted molar refractivity (Wildman–Crippen MR) is 130 cm³/mol. The lowest BCUT2D eigenvalue weighted by Gasteiger charge is -2.07. The molecule has 2 amide bonds. The first-order valence-corrected chi connectivity index (χ1v) is 11.0. The zero-order valence-electron chi connectivity index (χ0n) is 16.8. The largest absolute Gasteiger partial charge is 0.423 e. The first-order valence-electron chi connectivity index (χ1n) is 9.45. The molecule has 0 aliphatic carbocycles. The highest BCUT2D eigenvalue weighted by atomic mass is 79.9. The standard InChI is InChI=1S/C23H16BrCl2N3O4/c24-16-5-2-4-15(10-16)22(31)27-13-21(30)29-28-12-14-3-1-6-18(9-14)33-23(32)19-8-7-17(25)11-20(19)26/h1-12H,13H2,(H,27,31)(H,29,30)/b28-12-. The van der Waals surface area contributed by atoms with Crippen LogP contribution in [0, 0.1) is 0 Å². The van der Waals surface area contributed by atoms with Gasteiger partial charge in [-0.25, -0.2) is 10.2 Å². The van der Waals surface area contributed by atoms with Gasteiger partial charge in [-0.3, -0.25) is 9.59 Å². The summed E-state index contributed by atoms with van der Waals surface area (Å²) in [6.07, 6.45) is 1.38. The van der Waals surface area contributed by atoms with Crippen LogP contribution in [0.5, 0.6) is 5.75 Å². The molecule has 0 bridgehead atoms. The summed E-state index contributed by atoms with van der Waals surface area (Å²) in [4.78, 5) is 36.3. The number of nitrogens with zero attached hydrogens (tertiary/aromatic N) is 1. The minimum Gasteiger partial charge on any atom is -0.423 e. The van der Waals surface area contributed by atoms with Crippen LogP contribution in [-0.2, 0) is 4.79 Å². The second-order valence-electron chi connectivity index (χ2n) is 6.57. The van der Waals surface area contributed by atoms with Gasteiger partial charge in [0.15, 0.2) is 0 Å². The number of benzene rings is 3. The Morgan fingerprint density at radius 1 is 1.00 bits per heavy atom. The summed E-state index contributed by atoms with van der Waals surface area (Å²) in [5.41, 5.74) is 3.49. The van der Waals surface area contributed by atoms with E-state index < -0.39 is 11.9 Å². The van der Waals surface area contributed by atoms with Gasteiger partial charge >= 0.3 is 5.97 Å². The van der Waals surface area contributed by atoms with Gasteiger partial charge in [-0.15, -0.1) is 0 Å². The predicted octanol–water partition coefficient (Wildman–Crippen LogP) is 4.86. The molecule has 0 spiro atoms. The Balaban J connectivity index is 1.52. The maximum atomic E-state index is 12.3. The molecule has 33 heavy (non-hydrogen) atoms. The number of carbonyl (C=O) groups excluding carboxylic acids is 3. The Bertz CT molecular complexity index is 1230. The van der Waals surface area contributed by atoms with E-state index in [0.717, 1.165) is 4.47 Å². The van der Waals surface area contributed by atoms with Gasteiger partial charge in [0, 0.05) is 15.1 Å². The molecule has 0 fully saturated rings. The van der Waals surface area contributed by atoms with E-state index >= 15 is 0 Å². The summed E-state index contributed by atoms with van der Waals surface area (Å²) in [5, 5.41) is 6.94. The molecule has 0 radical (unpaired) electrons. The van der Waals surface area contributed by atoms with Crippen LogP contribution < -0.4 is 15.5 Å². The van der Waals surface area contributed by atoms with Crippen LogP contribution in [0.15, 0.2) is 76.3 Å². The SMILES string of the molecule is O=C(CNC(=O)c1cccc(Br)c1)N/N=C\c1cccc(OC(=O)c2ccc(Cl)cc2Cl)c1. The summed E-state index contributed by atoms with van der Waals surface area (Å²) in [6, 6.07) is 17.8. The number of nitrogens with one attached hydrogen (secondary N) is 2. The summed E-state index contributed by atoms with van der Waals surface area (Å²) in [7, 11) is 0. The molecule has 0 atom stereocenters. The Hall–Kier alpha value is -3.20. The number of halogens is 3. The summed E-state index contributed by atoms with van der Waals surface area (Å²) in [6.45, 7) is -0.248. The monoisotopic (exact) mass is 547 g/mol.